The highest BCUT2D eigenvalue weighted by molar-refractivity contribution is 7.80. The van der Waals surface area contributed by atoms with E-state index >= 15 is 0 Å². The predicted octanol–water partition coefficient (Wildman–Crippen LogP) is 4.77. The van der Waals surface area contributed by atoms with E-state index in [1.165, 1.54) is 6.07 Å². The topological polar surface area (TPSA) is 35.5 Å². The minimum absolute atomic E-state index is 0.0227. The molecule has 1 aliphatic rings. The van der Waals surface area contributed by atoms with E-state index in [9.17, 15) is 13.6 Å². The van der Waals surface area contributed by atoms with Crippen molar-refractivity contribution in [3.8, 4) is 5.75 Å². The maximum atomic E-state index is 13.4. The molecule has 130 valence electrons. The Kier molecular flexibility index (Phi) is 4.56. The molecule has 0 amide bonds. The zero-order valence-electron chi connectivity index (χ0n) is 13.7. The van der Waals surface area contributed by atoms with Crippen LogP contribution in [-0.2, 0) is 9.53 Å². The van der Waals surface area contributed by atoms with Crippen LogP contribution in [0, 0.1) is 11.6 Å². The minimum Gasteiger partial charge on any atom is -0.449 e. The van der Waals surface area contributed by atoms with E-state index < -0.39 is 23.2 Å². The number of esters is 1. The SMILES string of the molecule is CCC1(C)OC(=O)C(Oc2ccc(F)c(F)c2)=C1c1ccc(S)cc1. The Bertz CT molecular complexity index is 861. The van der Waals surface area contributed by atoms with Gasteiger partial charge < -0.3 is 9.47 Å². The van der Waals surface area contributed by atoms with Crippen molar-refractivity contribution in [1.29, 1.82) is 0 Å². The third-order valence-electron chi connectivity index (χ3n) is 4.20. The molecular formula is C19H16F2O3S. The highest BCUT2D eigenvalue weighted by atomic mass is 32.1. The van der Waals surface area contributed by atoms with Crippen LogP contribution in [0.15, 0.2) is 53.1 Å². The van der Waals surface area contributed by atoms with E-state index in [0.29, 0.717) is 12.0 Å². The van der Waals surface area contributed by atoms with Crippen LogP contribution >= 0.6 is 12.6 Å². The van der Waals surface area contributed by atoms with E-state index in [0.717, 1.165) is 22.6 Å². The van der Waals surface area contributed by atoms with E-state index in [1.54, 1.807) is 19.1 Å². The molecule has 1 unspecified atom stereocenters. The molecule has 2 aromatic carbocycles. The summed E-state index contributed by atoms with van der Waals surface area (Å²) in [5.74, 6) is -2.68. The molecule has 0 bridgehead atoms. The highest BCUT2D eigenvalue weighted by Crippen LogP contribution is 2.42. The van der Waals surface area contributed by atoms with Crippen LogP contribution in [0.2, 0.25) is 0 Å². The lowest BCUT2D eigenvalue weighted by Gasteiger charge is -2.24. The monoisotopic (exact) mass is 362 g/mol. The summed E-state index contributed by atoms with van der Waals surface area (Å²) in [6, 6.07) is 10.3. The van der Waals surface area contributed by atoms with Crippen LogP contribution in [0.3, 0.4) is 0 Å². The Morgan fingerprint density at radius 1 is 1.12 bits per heavy atom. The number of cyclic esters (lactones) is 1. The van der Waals surface area contributed by atoms with Gasteiger partial charge in [0, 0.05) is 11.0 Å². The van der Waals surface area contributed by atoms with Gasteiger partial charge in [-0.1, -0.05) is 19.1 Å². The minimum atomic E-state index is -1.05. The summed E-state index contributed by atoms with van der Waals surface area (Å²) >= 11 is 4.26. The van der Waals surface area contributed by atoms with E-state index in [4.69, 9.17) is 9.47 Å². The number of hydrogen-bond donors (Lipinski definition) is 1. The molecule has 25 heavy (non-hydrogen) atoms. The Balaban J connectivity index is 2.11. The molecule has 0 spiro atoms. The second-order valence-electron chi connectivity index (χ2n) is 5.90. The molecule has 6 heteroatoms. The molecule has 1 aliphatic heterocycles. The van der Waals surface area contributed by atoms with Gasteiger partial charge in [0.15, 0.2) is 11.6 Å². The van der Waals surface area contributed by atoms with Gasteiger partial charge in [0.25, 0.3) is 0 Å². The number of rotatable bonds is 4. The largest absolute Gasteiger partial charge is 0.449 e. The van der Waals surface area contributed by atoms with Crippen LogP contribution in [0.25, 0.3) is 5.57 Å². The maximum absolute atomic E-state index is 13.4. The van der Waals surface area contributed by atoms with Crippen LogP contribution in [0.5, 0.6) is 5.75 Å². The van der Waals surface area contributed by atoms with Crippen molar-refractivity contribution < 1.29 is 23.0 Å². The third-order valence-corrected chi connectivity index (χ3v) is 4.50. The van der Waals surface area contributed by atoms with Gasteiger partial charge in [-0.25, -0.2) is 13.6 Å². The lowest BCUT2D eigenvalue weighted by Crippen LogP contribution is -2.26. The standard InChI is InChI=1S/C19H16F2O3S/c1-3-19(2)16(11-4-7-13(25)8-5-11)17(18(22)24-19)23-12-6-9-14(20)15(21)10-12/h4-10,25H,3H2,1-2H3. The van der Waals surface area contributed by atoms with Crippen molar-refractivity contribution in [3.63, 3.8) is 0 Å². The number of halogens is 2. The van der Waals surface area contributed by atoms with Crippen LogP contribution in [0.1, 0.15) is 25.8 Å². The number of ether oxygens (including phenoxy) is 2. The molecule has 1 atom stereocenters. The first-order valence-corrected chi connectivity index (χ1v) is 8.19. The molecule has 3 nitrogen and oxygen atoms in total. The Labute approximate surface area is 149 Å². The molecule has 0 radical (unpaired) electrons. The van der Waals surface area contributed by atoms with Crippen LogP contribution in [0.4, 0.5) is 8.78 Å². The lowest BCUT2D eigenvalue weighted by atomic mass is 9.88. The summed E-state index contributed by atoms with van der Waals surface area (Å²) in [5.41, 5.74) is 0.437. The average Bonchev–Trinajstić information content (AvgIpc) is 2.83. The highest BCUT2D eigenvalue weighted by Gasteiger charge is 2.45. The maximum Gasteiger partial charge on any atom is 0.375 e. The molecule has 0 aliphatic carbocycles. The molecular weight excluding hydrogens is 346 g/mol. The predicted molar refractivity (Wildman–Crippen MR) is 92.4 cm³/mol. The molecule has 1 heterocycles. The quantitative estimate of drug-likeness (QED) is 0.629. The molecule has 2 aromatic rings. The Morgan fingerprint density at radius 2 is 1.80 bits per heavy atom. The number of hydrogen-bond acceptors (Lipinski definition) is 4. The number of carbonyl (C=O) groups excluding carboxylic acids is 1. The normalized spacial score (nSPS) is 20.0. The van der Waals surface area contributed by atoms with Gasteiger partial charge in [0.1, 0.15) is 11.4 Å². The van der Waals surface area contributed by atoms with Crippen LogP contribution in [-0.4, -0.2) is 11.6 Å². The van der Waals surface area contributed by atoms with Gasteiger partial charge >= 0.3 is 5.97 Å². The average molecular weight is 362 g/mol. The van der Waals surface area contributed by atoms with Gasteiger partial charge in [0.05, 0.1) is 5.57 Å². The van der Waals surface area contributed by atoms with Crippen molar-refractivity contribution in [2.45, 2.75) is 30.8 Å². The summed E-state index contributed by atoms with van der Waals surface area (Å²) < 4.78 is 37.6. The first-order chi connectivity index (χ1) is 11.8. The summed E-state index contributed by atoms with van der Waals surface area (Å²) in [4.78, 5) is 13.1. The fraction of sp³-hybridized carbons (Fsp3) is 0.211. The molecule has 3 rings (SSSR count). The van der Waals surface area contributed by atoms with Crippen LogP contribution < -0.4 is 4.74 Å². The van der Waals surface area contributed by atoms with E-state index in [1.807, 2.05) is 19.1 Å². The lowest BCUT2D eigenvalue weighted by molar-refractivity contribution is -0.147. The summed E-state index contributed by atoms with van der Waals surface area (Å²) in [6.07, 6.45) is 0.529. The van der Waals surface area contributed by atoms with Crippen molar-refractivity contribution >= 4 is 24.2 Å². The zero-order valence-corrected chi connectivity index (χ0v) is 14.6. The third kappa shape index (κ3) is 3.26. The van der Waals surface area contributed by atoms with Gasteiger partial charge in [-0.3, -0.25) is 0 Å². The van der Waals surface area contributed by atoms with E-state index in [2.05, 4.69) is 12.6 Å². The van der Waals surface area contributed by atoms with Gasteiger partial charge in [-0.05, 0) is 43.2 Å². The number of thiol groups is 1. The second kappa shape index (κ2) is 6.52. The Morgan fingerprint density at radius 3 is 2.40 bits per heavy atom. The first-order valence-electron chi connectivity index (χ1n) is 7.74. The summed E-state index contributed by atoms with van der Waals surface area (Å²) in [6.45, 7) is 3.68. The fourth-order valence-corrected chi connectivity index (χ4v) is 2.86. The van der Waals surface area contributed by atoms with Crippen molar-refractivity contribution in [3.05, 3.63) is 65.4 Å². The smallest absolute Gasteiger partial charge is 0.375 e. The zero-order chi connectivity index (χ0) is 18.2. The molecule has 0 saturated carbocycles. The molecule has 0 N–H and O–H groups in total. The first kappa shape index (κ1) is 17.5. The molecule has 0 saturated heterocycles. The molecule has 0 aromatic heterocycles. The van der Waals surface area contributed by atoms with Gasteiger partial charge in [-0.15, -0.1) is 12.6 Å². The van der Waals surface area contributed by atoms with Crippen molar-refractivity contribution in [2.75, 3.05) is 0 Å². The van der Waals surface area contributed by atoms with Crippen molar-refractivity contribution in [1.82, 2.24) is 0 Å². The molecule has 0 fully saturated rings. The Hall–Kier alpha value is -2.34. The number of benzene rings is 2. The van der Waals surface area contributed by atoms with Gasteiger partial charge in [0.2, 0.25) is 5.76 Å². The summed E-state index contributed by atoms with van der Waals surface area (Å²) in [7, 11) is 0. The van der Waals surface area contributed by atoms with Gasteiger partial charge in [-0.2, -0.15) is 0 Å². The summed E-state index contributed by atoms with van der Waals surface area (Å²) in [5, 5.41) is 0. The fourth-order valence-electron chi connectivity index (χ4n) is 2.71. The second-order valence-corrected chi connectivity index (χ2v) is 6.42. The van der Waals surface area contributed by atoms with E-state index in [-0.39, 0.29) is 11.5 Å². The number of carbonyl (C=O) groups is 1. The van der Waals surface area contributed by atoms with Crippen molar-refractivity contribution in [2.24, 2.45) is 0 Å².